The van der Waals surface area contributed by atoms with Gasteiger partial charge in [0.05, 0.1) is 27.1 Å². The Hall–Kier alpha value is -2.87. The molecule has 1 aliphatic rings. The van der Waals surface area contributed by atoms with Crippen molar-refractivity contribution in [2.24, 2.45) is 0 Å². The quantitative estimate of drug-likeness (QED) is 0.405. The maximum Gasteiger partial charge on any atom is 0.165 e. The van der Waals surface area contributed by atoms with Gasteiger partial charge < -0.3 is 15.5 Å². The van der Waals surface area contributed by atoms with E-state index in [2.05, 4.69) is 26.8 Å². The molecule has 0 amide bonds. The number of nitrogens with zero attached hydrogens (tertiary/aromatic N) is 6. The number of aryl methyl sites for hydroxylation is 1. The third-order valence-corrected chi connectivity index (χ3v) is 6.40. The summed E-state index contributed by atoms with van der Waals surface area (Å²) in [6.45, 7) is 9.68. The second kappa shape index (κ2) is 10.2. The zero-order valence-corrected chi connectivity index (χ0v) is 21.4. The van der Waals surface area contributed by atoms with E-state index in [4.69, 9.17) is 33.9 Å². The molecule has 4 heterocycles. The summed E-state index contributed by atoms with van der Waals surface area (Å²) in [6.07, 6.45) is 1.68. The lowest BCUT2D eigenvalue weighted by atomic mass is 10.1. The number of rotatable bonds is 3. The molecular weight excluding hydrogens is 469 g/mol. The topological polar surface area (TPSA) is 76.1 Å². The minimum Gasteiger partial charge on any atom is -0.384 e. The van der Waals surface area contributed by atoms with Gasteiger partial charge in [0.15, 0.2) is 5.65 Å². The number of hydrogen-bond donors (Lipinski definition) is 1. The Balaban J connectivity index is 0.00000133. The second-order valence-corrected chi connectivity index (χ2v) is 8.87. The number of halogens is 2. The fourth-order valence-corrected chi connectivity index (χ4v) is 4.88. The van der Waals surface area contributed by atoms with Gasteiger partial charge in [0, 0.05) is 37.9 Å². The van der Waals surface area contributed by atoms with E-state index in [-0.39, 0.29) is 0 Å². The van der Waals surface area contributed by atoms with E-state index in [9.17, 15) is 0 Å². The van der Waals surface area contributed by atoms with Crippen LogP contribution in [0.25, 0.3) is 28.1 Å². The van der Waals surface area contributed by atoms with Gasteiger partial charge in [-0.25, -0.2) is 15.0 Å². The van der Waals surface area contributed by atoms with Crippen molar-refractivity contribution in [1.29, 1.82) is 0 Å². The number of aromatic nitrogens is 4. The van der Waals surface area contributed by atoms with E-state index < -0.39 is 0 Å². The Bertz CT molecular complexity index is 1290. The Kier molecular flexibility index (Phi) is 7.26. The molecule has 2 N–H and O–H groups in total. The van der Waals surface area contributed by atoms with E-state index in [1.54, 1.807) is 12.3 Å². The van der Waals surface area contributed by atoms with Gasteiger partial charge in [-0.2, -0.15) is 0 Å². The standard InChI is InChI=1S/C23H23Cl2N7.C2H6/c1-14-28-20-4-3-19(15-5-6-27-21(26)11-15)29-23(20)32(14)16-12-17(24)22(18(25)13-16)31-9-7-30(2)8-10-31;1-2/h3-6,11-13H,7-10H2,1-2H3,(H2,26,27);1-2H3. The van der Waals surface area contributed by atoms with Crippen LogP contribution in [0.1, 0.15) is 19.7 Å². The number of benzene rings is 1. The molecule has 5 rings (SSSR count). The van der Waals surface area contributed by atoms with Gasteiger partial charge in [-0.15, -0.1) is 0 Å². The molecule has 1 aromatic carbocycles. The molecule has 0 radical (unpaired) electrons. The van der Waals surface area contributed by atoms with Gasteiger partial charge in [-0.1, -0.05) is 37.0 Å². The van der Waals surface area contributed by atoms with Gasteiger partial charge in [0.25, 0.3) is 0 Å². The summed E-state index contributed by atoms with van der Waals surface area (Å²) in [5, 5.41) is 1.24. The van der Waals surface area contributed by atoms with Crippen molar-refractivity contribution in [1.82, 2.24) is 24.4 Å². The first-order valence-electron chi connectivity index (χ1n) is 11.4. The lowest BCUT2D eigenvalue weighted by molar-refractivity contribution is 0.313. The molecule has 178 valence electrons. The first-order chi connectivity index (χ1) is 16.4. The van der Waals surface area contributed by atoms with Crippen molar-refractivity contribution in [2.75, 3.05) is 43.9 Å². The van der Waals surface area contributed by atoms with Crippen LogP contribution in [0.2, 0.25) is 10.0 Å². The van der Waals surface area contributed by atoms with E-state index in [0.29, 0.717) is 15.9 Å². The Labute approximate surface area is 210 Å². The number of pyridine rings is 2. The van der Waals surface area contributed by atoms with Crippen LogP contribution in [0.3, 0.4) is 0 Å². The van der Waals surface area contributed by atoms with Crippen LogP contribution >= 0.6 is 23.2 Å². The third kappa shape index (κ3) is 4.69. The van der Waals surface area contributed by atoms with Crippen molar-refractivity contribution < 1.29 is 0 Å². The highest BCUT2D eigenvalue weighted by Crippen LogP contribution is 2.37. The van der Waals surface area contributed by atoms with Crippen molar-refractivity contribution >= 4 is 45.9 Å². The van der Waals surface area contributed by atoms with Crippen LogP contribution in [-0.4, -0.2) is 57.6 Å². The van der Waals surface area contributed by atoms with Crippen LogP contribution in [0.5, 0.6) is 0 Å². The molecule has 3 aromatic heterocycles. The fourth-order valence-electron chi connectivity index (χ4n) is 4.16. The molecule has 0 spiro atoms. The maximum atomic E-state index is 6.75. The molecule has 1 aliphatic heterocycles. The van der Waals surface area contributed by atoms with Crippen LogP contribution in [0, 0.1) is 6.92 Å². The summed E-state index contributed by atoms with van der Waals surface area (Å²) in [6, 6.07) is 11.5. The van der Waals surface area contributed by atoms with Crippen LogP contribution in [-0.2, 0) is 0 Å². The molecular formula is C25H29Cl2N7. The monoisotopic (exact) mass is 497 g/mol. The summed E-state index contributed by atoms with van der Waals surface area (Å²) in [5.41, 5.74) is 10.8. The maximum absolute atomic E-state index is 6.75. The van der Waals surface area contributed by atoms with Crippen LogP contribution < -0.4 is 10.6 Å². The number of piperazine rings is 1. The molecule has 0 unspecified atom stereocenters. The molecule has 34 heavy (non-hydrogen) atoms. The molecule has 4 aromatic rings. The number of nitrogens with two attached hydrogens (primary N) is 1. The van der Waals surface area contributed by atoms with Crippen LogP contribution in [0.4, 0.5) is 11.5 Å². The highest BCUT2D eigenvalue weighted by molar-refractivity contribution is 6.39. The van der Waals surface area contributed by atoms with Gasteiger partial charge in [-0.3, -0.25) is 4.57 Å². The molecule has 0 aliphatic carbocycles. The fraction of sp³-hybridized carbons (Fsp3) is 0.320. The van der Waals surface area contributed by atoms with Gasteiger partial charge >= 0.3 is 0 Å². The lowest BCUT2D eigenvalue weighted by Crippen LogP contribution is -2.44. The minimum atomic E-state index is 0.451. The summed E-state index contributed by atoms with van der Waals surface area (Å²) in [7, 11) is 2.12. The predicted molar refractivity (Wildman–Crippen MR) is 142 cm³/mol. The highest BCUT2D eigenvalue weighted by atomic mass is 35.5. The molecule has 7 nitrogen and oxygen atoms in total. The number of hydrogen-bond acceptors (Lipinski definition) is 6. The van der Waals surface area contributed by atoms with Gasteiger partial charge in [0.2, 0.25) is 0 Å². The normalized spacial score (nSPS) is 14.2. The van der Waals surface area contributed by atoms with Crippen LogP contribution in [0.15, 0.2) is 42.6 Å². The first-order valence-corrected chi connectivity index (χ1v) is 12.2. The molecule has 1 saturated heterocycles. The highest BCUT2D eigenvalue weighted by Gasteiger charge is 2.21. The first kappa shape index (κ1) is 24.3. The third-order valence-electron chi connectivity index (χ3n) is 5.83. The number of imidazole rings is 1. The van der Waals surface area contributed by atoms with Crippen molar-refractivity contribution in [2.45, 2.75) is 20.8 Å². The Morgan fingerprint density at radius 1 is 0.912 bits per heavy atom. The smallest absolute Gasteiger partial charge is 0.165 e. The minimum absolute atomic E-state index is 0.451. The zero-order valence-electron chi connectivity index (χ0n) is 19.9. The summed E-state index contributed by atoms with van der Waals surface area (Å²) >= 11 is 13.5. The van der Waals surface area contributed by atoms with Crippen molar-refractivity contribution in [3.05, 3.63) is 58.5 Å². The number of nitrogen functional groups attached to an aromatic ring is 1. The van der Waals surface area contributed by atoms with Crippen molar-refractivity contribution in [3.8, 4) is 16.9 Å². The number of fused-ring (bicyclic) bond motifs is 1. The molecule has 0 bridgehead atoms. The average Bonchev–Trinajstić information content (AvgIpc) is 3.16. The summed E-state index contributed by atoms with van der Waals surface area (Å²) < 4.78 is 1.98. The van der Waals surface area contributed by atoms with E-state index >= 15 is 0 Å². The van der Waals surface area contributed by atoms with E-state index in [0.717, 1.165) is 65.8 Å². The Morgan fingerprint density at radius 3 is 2.24 bits per heavy atom. The molecule has 0 atom stereocenters. The lowest BCUT2D eigenvalue weighted by Gasteiger charge is -2.35. The van der Waals surface area contributed by atoms with Gasteiger partial charge in [0.1, 0.15) is 17.2 Å². The van der Waals surface area contributed by atoms with Crippen molar-refractivity contribution in [3.63, 3.8) is 0 Å². The van der Waals surface area contributed by atoms with E-state index in [1.807, 2.05) is 55.7 Å². The second-order valence-electron chi connectivity index (χ2n) is 8.05. The predicted octanol–water partition coefficient (Wildman–Crippen LogP) is 5.46. The molecule has 9 heteroatoms. The number of anilines is 2. The average molecular weight is 498 g/mol. The van der Waals surface area contributed by atoms with Gasteiger partial charge in [-0.05, 0) is 50.4 Å². The largest absolute Gasteiger partial charge is 0.384 e. The summed E-state index contributed by atoms with van der Waals surface area (Å²) in [5.74, 6) is 1.26. The summed E-state index contributed by atoms with van der Waals surface area (Å²) in [4.78, 5) is 18.2. The Morgan fingerprint density at radius 2 is 1.59 bits per heavy atom. The zero-order chi connectivity index (χ0) is 24.4. The molecule has 1 fully saturated rings. The SMILES string of the molecule is CC.Cc1nc2ccc(-c3ccnc(N)c3)nc2n1-c1cc(Cl)c(N2CCN(C)CC2)c(Cl)c1. The molecule has 0 saturated carbocycles. The van der Waals surface area contributed by atoms with E-state index in [1.165, 1.54) is 0 Å². The number of likely N-dealkylation sites (N-methyl/N-ethyl adjacent to an activating group) is 1.